The summed E-state index contributed by atoms with van der Waals surface area (Å²) in [5.74, 6) is -0.972. The van der Waals surface area contributed by atoms with Crippen molar-refractivity contribution >= 4 is 33.3 Å². The van der Waals surface area contributed by atoms with Crippen molar-refractivity contribution in [2.75, 3.05) is 17.2 Å². The highest BCUT2D eigenvalue weighted by atomic mass is 32.1. The molecule has 44 heavy (non-hydrogen) atoms. The third kappa shape index (κ3) is 7.54. The number of fused-ring (bicyclic) bond motifs is 1. The highest BCUT2D eigenvalue weighted by Crippen LogP contribution is 2.39. The molecule has 3 heterocycles. The molecule has 0 spiro atoms. The van der Waals surface area contributed by atoms with Crippen LogP contribution in [0.4, 0.5) is 24.9 Å². The zero-order chi connectivity index (χ0) is 31.8. The van der Waals surface area contributed by atoms with E-state index in [0.29, 0.717) is 35.9 Å². The number of anilines is 2. The van der Waals surface area contributed by atoms with Crippen molar-refractivity contribution in [3.05, 3.63) is 53.5 Å². The number of hydrogen-bond acceptors (Lipinski definition) is 11. The Hall–Kier alpha value is -3.59. The zero-order valence-corrected chi connectivity index (χ0v) is 25.8. The Balaban J connectivity index is 1.46. The van der Waals surface area contributed by atoms with Gasteiger partial charge in [-0.05, 0) is 71.2 Å². The third-order valence-corrected chi connectivity index (χ3v) is 8.44. The van der Waals surface area contributed by atoms with Gasteiger partial charge in [-0.25, -0.2) is 9.97 Å². The maximum Gasteiger partial charge on any atom is 0.573 e. The molecular formula is C30H35F3N6O4S. The highest BCUT2D eigenvalue weighted by molar-refractivity contribution is 7.21. The monoisotopic (exact) mass is 632 g/mol. The molecule has 4 unspecified atom stereocenters. The number of pyridine rings is 1. The van der Waals surface area contributed by atoms with Crippen LogP contribution in [0.2, 0.25) is 0 Å². The number of aliphatic hydroxyl groups excluding tert-OH is 1. The minimum atomic E-state index is -4.77. The molecule has 1 aliphatic rings. The molecule has 0 radical (unpaired) electrons. The molecule has 0 saturated heterocycles. The highest BCUT2D eigenvalue weighted by Gasteiger charge is 2.38. The molecule has 4 atom stereocenters. The van der Waals surface area contributed by atoms with Gasteiger partial charge < -0.3 is 30.3 Å². The summed E-state index contributed by atoms with van der Waals surface area (Å²) in [6, 6.07) is 7.06. The van der Waals surface area contributed by atoms with Crippen LogP contribution in [-0.2, 0) is 4.74 Å². The predicted molar refractivity (Wildman–Crippen MR) is 161 cm³/mol. The number of benzene rings is 1. The molecule has 1 saturated carbocycles. The summed E-state index contributed by atoms with van der Waals surface area (Å²) in [4.78, 5) is 18.8. The van der Waals surface area contributed by atoms with Gasteiger partial charge in [-0.3, -0.25) is 4.98 Å². The average Bonchev–Trinajstić information content (AvgIpc) is 3.51. The molecule has 4 aromatic rings. The summed E-state index contributed by atoms with van der Waals surface area (Å²) >= 11 is 1.50. The second-order valence-electron chi connectivity index (χ2n) is 11.5. The molecule has 4 N–H and O–H groups in total. The number of hydrogen-bond donors (Lipinski definition) is 4. The number of aliphatic hydroxyl groups is 2. The number of aryl methyl sites for hydroxylation is 2. The minimum absolute atomic E-state index is 0.0874. The van der Waals surface area contributed by atoms with E-state index < -0.39 is 12.1 Å². The fourth-order valence-electron chi connectivity index (χ4n) is 5.43. The first-order chi connectivity index (χ1) is 20.7. The van der Waals surface area contributed by atoms with E-state index in [9.17, 15) is 23.4 Å². The fourth-order valence-corrected chi connectivity index (χ4v) is 6.54. The molecule has 0 amide bonds. The van der Waals surface area contributed by atoms with Crippen molar-refractivity contribution in [1.29, 1.82) is 0 Å². The van der Waals surface area contributed by atoms with Crippen LogP contribution < -0.4 is 15.4 Å². The molecule has 1 aliphatic carbocycles. The Bertz CT molecular complexity index is 1610. The van der Waals surface area contributed by atoms with Gasteiger partial charge in [-0.2, -0.15) is 4.98 Å². The lowest BCUT2D eigenvalue weighted by molar-refractivity contribution is -0.274. The number of aromatic nitrogens is 4. The molecule has 0 aliphatic heterocycles. The first kappa shape index (κ1) is 31.8. The standard InChI is InChI=1S/C30H35F3N6O4S/c1-15(18-6-8-21(9-7-18)42-30(31,32)33)35-28-36-16(2)24(27-38-25-17(3)34-11-10-23(25)44-27)26(39-28)37-20-12-19(14-40)22(13-20)43-29(4,5)41/h6-11,15,19-20,22,40-41H,12-14H2,1-5H3,(H2,35,36,37,39). The molecule has 5 rings (SSSR count). The lowest BCUT2D eigenvalue weighted by atomic mass is 10.1. The molecule has 1 fully saturated rings. The van der Waals surface area contributed by atoms with E-state index in [1.54, 1.807) is 32.2 Å². The van der Waals surface area contributed by atoms with Crippen molar-refractivity contribution in [2.24, 2.45) is 5.92 Å². The van der Waals surface area contributed by atoms with Crippen LogP contribution in [-0.4, -0.2) is 61.1 Å². The number of alkyl halides is 3. The van der Waals surface area contributed by atoms with Crippen LogP contribution in [0.25, 0.3) is 20.8 Å². The van der Waals surface area contributed by atoms with Gasteiger partial charge in [0.25, 0.3) is 0 Å². The predicted octanol–water partition coefficient (Wildman–Crippen LogP) is 6.13. The van der Waals surface area contributed by atoms with Crippen molar-refractivity contribution in [3.63, 3.8) is 0 Å². The maximum absolute atomic E-state index is 12.6. The normalized spacial score (nSPS) is 19.7. The lowest BCUT2D eigenvalue weighted by Gasteiger charge is -2.26. The quantitative estimate of drug-likeness (QED) is 0.151. The Morgan fingerprint density at radius 1 is 1.05 bits per heavy atom. The summed E-state index contributed by atoms with van der Waals surface area (Å²) < 4.78 is 48.6. The number of ether oxygens (including phenoxy) is 2. The third-order valence-electron chi connectivity index (χ3n) is 7.40. The van der Waals surface area contributed by atoms with E-state index in [4.69, 9.17) is 19.7 Å². The van der Waals surface area contributed by atoms with Gasteiger partial charge in [-0.1, -0.05) is 12.1 Å². The fraction of sp³-hybridized carbons (Fsp3) is 0.467. The molecule has 14 heteroatoms. The number of halogens is 3. The average molecular weight is 633 g/mol. The van der Waals surface area contributed by atoms with Crippen molar-refractivity contribution in [1.82, 2.24) is 19.9 Å². The maximum atomic E-state index is 12.6. The van der Waals surface area contributed by atoms with Gasteiger partial charge in [0, 0.05) is 24.8 Å². The van der Waals surface area contributed by atoms with Gasteiger partial charge in [0.05, 0.1) is 33.8 Å². The SMILES string of the molecule is Cc1nc(NC(C)c2ccc(OC(F)(F)F)cc2)nc(NC2CC(CO)C(OC(C)(C)O)C2)c1-c1nc2c(C)nccc2s1. The number of nitrogens with zero attached hydrogens (tertiary/aromatic N) is 4. The minimum Gasteiger partial charge on any atom is -0.406 e. The molecule has 1 aromatic carbocycles. The van der Waals surface area contributed by atoms with Crippen molar-refractivity contribution in [3.8, 4) is 16.3 Å². The first-order valence-electron chi connectivity index (χ1n) is 14.2. The zero-order valence-electron chi connectivity index (χ0n) is 24.9. The molecular weight excluding hydrogens is 597 g/mol. The summed E-state index contributed by atoms with van der Waals surface area (Å²) in [5.41, 5.74) is 3.71. The van der Waals surface area contributed by atoms with Gasteiger partial charge >= 0.3 is 6.36 Å². The second kappa shape index (κ2) is 12.4. The summed E-state index contributed by atoms with van der Waals surface area (Å²) in [5, 5.41) is 27.8. The van der Waals surface area contributed by atoms with Gasteiger partial charge in [0.15, 0.2) is 5.79 Å². The Morgan fingerprint density at radius 2 is 1.77 bits per heavy atom. The van der Waals surface area contributed by atoms with Gasteiger partial charge in [0.2, 0.25) is 5.95 Å². The number of thiazole rings is 1. The van der Waals surface area contributed by atoms with E-state index in [1.165, 1.54) is 23.5 Å². The molecule has 3 aromatic heterocycles. The van der Waals surface area contributed by atoms with Gasteiger partial charge in [-0.15, -0.1) is 24.5 Å². The summed E-state index contributed by atoms with van der Waals surface area (Å²) in [6.45, 7) is 8.66. The Kier molecular flexibility index (Phi) is 8.99. The second-order valence-corrected chi connectivity index (χ2v) is 12.5. The van der Waals surface area contributed by atoms with Crippen LogP contribution in [0.3, 0.4) is 0 Å². The number of rotatable bonds is 10. The first-order valence-corrected chi connectivity index (χ1v) is 15.0. The Labute approximate surface area is 256 Å². The van der Waals surface area contributed by atoms with E-state index in [1.807, 2.05) is 26.8 Å². The van der Waals surface area contributed by atoms with Crippen molar-refractivity contribution in [2.45, 2.75) is 77.8 Å². The van der Waals surface area contributed by atoms with Crippen LogP contribution in [0.5, 0.6) is 5.75 Å². The summed E-state index contributed by atoms with van der Waals surface area (Å²) in [7, 11) is 0. The lowest BCUT2D eigenvalue weighted by Crippen LogP contribution is -2.33. The molecule has 10 nitrogen and oxygen atoms in total. The molecule has 0 bridgehead atoms. The van der Waals surface area contributed by atoms with E-state index in [2.05, 4.69) is 20.4 Å². The van der Waals surface area contributed by atoms with Crippen LogP contribution >= 0.6 is 11.3 Å². The van der Waals surface area contributed by atoms with Crippen LogP contribution in [0, 0.1) is 19.8 Å². The molecule has 236 valence electrons. The smallest absolute Gasteiger partial charge is 0.406 e. The number of nitrogens with one attached hydrogen (secondary N) is 2. The van der Waals surface area contributed by atoms with E-state index in [-0.39, 0.29) is 36.5 Å². The van der Waals surface area contributed by atoms with Crippen LogP contribution in [0.1, 0.15) is 56.6 Å². The summed E-state index contributed by atoms with van der Waals surface area (Å²) in [6.07, 6.45) is -2.26. The van der Waals surface area contributed by atoms with E-state index >= 15 is 0 Å². The largest absolute Gasteiger partial charge is 0.573 e. The van der Waals surface area contributed by atoms with Gasteiger partial charge in [0.1, 0.15) is 22.1 Å². The van der Waals surface area contributed by atoms with Crippen LogP contribution in [0.15, 0.2) is 36.5 Å². The topological polar surface area (TPSA) is 135 Å². The van der Waals surface area contributed by atoms with Crippen molar-refractivity contribution < 1.29 is 32.9 Å². The Morgan fingerprint density at radius 3 is 2.41 bits per heavy atom. The van der Waals surface area contributed by atoms with E-state index in [0.717, 1.165) is 26.5 Å².